The highest BCUT2D eigenvalue weighted by Crippen LogP contribution is 2.28. The molecule has 0 spiro atoms. The SMILES string of the molecule is CC(C)(C)OC(=O)N1CCNC(c2ncc(C(F)(F)F)cn2)C1. The topological polar surface area (TPSA) is 67.3 Å². The third-order valence-electron chi connectivity index (χ3n) is 3.14. The van der Waals surface area contributed by atoms with Crippen LogP contribution < -0.4 is 5.32 Å². The molecule has 1 unspecified atom stereocenters. The van der Waals surface area contributed by atoms with E-state index in [0.717, 1.165) is 12.4 Å². The molecule has 1 N–H and O–H groups in total. The summed E-state index contributed by atoms with van der Waals surface area (Å²) in [6.07, 6.45) is -3.44. The smallest absolute Gasteiger partial charge is 0.419 e. The van der Waals surface area contributed by atoms with Gasteiger partial charge in [0.15, 0.2) is 0 Å². The van der Waals surface area contributed by atoms with Crippen molar-refractivity contribution in [2.75, 3.05) is 19.6 Å². The molecule has 1 aromatic rings. The molecule has 1 saturated heterocycles. The van der Waals surface area contributed by atoms with Gasteiger partial charge in [-0.25, -0.2) is 14.8 Å². The van der Waals surface area contributed by atoms with Crippen molar-refractivity contribution in [2.24, 2.45) is 0 Å². The predicted molar refractivity (Wildman–Crippen MR) is 75.6 cm³/mol. The highest BCUT2D eigenvalue weighted by atomic mass is 19.4. The highest BCUT2D eigenvalue weighted by molar-refractivity contribution is 5.68. The van der Waals surface area contributed by atoms with E-state index in [2.05, 4.69) is 15.3 Å². The molecule has 1 aliphatic heterocycles. The maximum Gasteiger partial charge on any atom is 0.419 e. The zero-order valence-electron chi connectivity index (χ0n) is 13.1. The molecule has 1 amide bonds. The molecule has 0 aliphatic carbocycles. The largest absolute Gasteiger partial charge is 0.444 e. The molecule has 0 bridgehead atoms. The molecule has 9 heteroatoms. The van der Waals surface area contributed by atoms with Gasteiger partial charge < -0.3 is 15.0 Å². The quantitative estimate of drug-likeness (QED) is 0.855. The van der Waals surface area contributed by atoms with Crippen LogP contribution in [0.3, 0.4) is 0 Å². The fourth-order valence-corrected chi connectivity index (χ4v) is 2.08. The van der Waals surface area contributed by atoms with Crippen molar-refractivity contribution in [2.45, 2.75) is 38.6 Å². The van der Waals surface area contributed by atoms with Crippen molar-refractivity contribution in [1.82, 2.24) is 20.2 Å². The van der Waals surface area contributed by atoms with Crippen LogP contribution in [0, 0.1) is 0 Å². The maximum absolute atomic E-state index is 12.5. The van der Waals surface area contributed by atoms with Crippen LogP contribution >= 0.6 is 0 Å². The number of nitrogens with zero attached hydrogens (tertiary/aromatic N) is 3. The summed E-state index contributed by atoms with van der Waals surface area (Å²) in [5.74, 6) is 0.214. The summed E-state index contributed by atoms with van der Waals surface area (Å²) in [6.45, 7) is 6.47. The summed E-state index contributed by atoms with van der Waals surface area (Å²) >= 11 is 0. The van der Waals surface area contributed by atoms with E-state index in [1.165, 1.54) is 4.90 Å². The van der Waals surface area contributed by atoms with E-state index in [4.69, 9.17) is 4.74 Å². The summed E-state index contributed by atoms with van der Waals surface area (Å²) < 4.78 is 42.9. The first-order chi connectivity index (χ1) is 10.6. The number of carbonyl (C=O) groups excluding carboxylic acids is 1. The number of piperazine rings is 1. The lowest BCUT2D eigenvalue weighted by Gasteiger charge is -2.34. The van der Waals surface area contributed by atoms with E-state index in [1.807, 2.05) is 0 Å². The Hall–Kier alpha value is -1.90. The second kappa shape index (κ2) is 6.31. The number of hydrogen-bond donors (Lipinski definition) is 1. The number of halogens is 3. The Morgan fingerprint density at radius 1 is 1.30 bits per heavy atom. The molecule has 23 heavy (non-hydrogen) atoms. The van der Waals surface area contributed by atoms with Gasteiger partial charge in [0, 0.05) is 32.0 Å². The van der Waals surface area contributed by atoms with Crippen LogP contribution in [0.2, 0.25) is 0 Å². The van der Waals surface area contributed by atoms with Gasteiger partial charge in [0.2, 0.25) is 0 Å². The zero-order chi connectivity index (χ0) is 17.3. The third kappa shape index (κ3) is 4.78. The molecule has 1 aromatic heterocycles. The van der Waals surface area contributed by atoms with Crippen LogP contribution in [0.5, 0.6) is 0 Å². The number of rotatable bonds is 1. The van der Waals surface area contributed by atoms with Gasteiger partial charge in [0.05, 0.1) is 11.6 Å². The standard InChI is InChI=1S/C14H19F3N4O2/c1-13(2,3)23-12(22)21-5-4-18-10(8-21)11-19-6-9(7-20-11)14(15,16)17/h6-7,10,18H,4-5,8H2,1-3H3. The zero-order valence-corrected chi connectivity index (χ0v) is 13.1. The van der Waals surface area contributed by atoms with E-state index in [9.17, 15) is 18.0 Å². The highest BCUT2D eigenvalue weighted by Gasteiger charge is 2.33. The molecule has 2 heterocycles. The second-order valence-electron chi connectivity index (χ2n) is 6.26. The minimum atomic E-state index is -4.47. The summed E-state index contributed by atoms with van der Waals surface area (Å²) in [5, 5.41) is 3.09. The normalized spacial score (nSPS) is 19.6. The molecule has 1 atom stereocenters. The Balaban J connectivity index is 2.05. The van der Waals surface area contributed by atoms with Crippen molar-refractivity contribution >= 4 is 6.09 Å². The van der Waals surface area contributed by atoms with Gasteiger partial charge in [-0.2, -0.15) is 13.2 Å². The second-order valence-corrected chi connectivity index (χ2v) is 6.26. The Bertz CT molecular complexity index is 555. The average molecular weight is 332 g/mol. The number of ether oxygens (including phenoxy) is 1. The van der Waals surface area contributed by atoms with Crippen LogP contribution in [0.25, 0.3) is 0 Å². The van der Waals surface area contributed by atoms with Crippen molar-refractivity contribution in [1.29, 1.82) is 0 Å². The minimum Gasteiger partial charge on any atom is -0.444 e. The van der Waals surface area contributed by atoms with Crippen LogP contribution in [0.15, 0.2) is 12.4 Å². The Morgan fingerprint density at radius 2 is 1.91 bits per heavy atom. The maximum atomic E-state index is 12.5. The van der Waals surface area contributed by atoms with E-state index in [1.54, 1.807) is 20.8 Å². The molecule has 0 radical (unpaired) electrons. The molecule has 0 saturated carbocycles. The van der Waals surface area contributed by atoms with Crippen LogP contribution in [0.1, 0.15) is 38.2 Å². The lowest BCUT2D eigenvalue weighted by molar-refractivity contribution is -0.138. The minimum absolute atomic E-state index is 0.214. The molecule has 0 aromatic carbocycles. The lowest BCUT2D eigenvalue weighted by Crippen LogP contribution is -2.50. The van der Waals surface area contributed by atoms with Crippen LogP contribution in [-0.4, -0.2) is 46.2 Å². The van der Waals surface area contributed by atoms with Gasteiger partial charge in [-0.15, -0.1) is 0 Å². The first kappa shape index (κ1) is 17.5. The monoisotopic (exact) mass is 332 g/mol. The molecule has 128 valence electrons. The summed E-state index contributed by atoms with van der Waals surface area (Å²) in [5.41, 5.74) is -1.51. The number of alkyl halides is 3. The fourth-order valence-electron chi connectivity index (χ4n) is 2.08. The number of carbonyl (C=O) groups is 1. The van der Waals surface area contributed by atoms with Gasteiger partial charge in [-0.1, -0.05) is 0 Å². The Morgan fingerprint density at radius 3 is 2.43 bits per heavy atom. The average Bonchev–Trinajstić information content (AvgIpc) is 2.45. The molecule has 6 nitrogen and oxygen atoms in total. The summed E-state index contributed by atoms with van der Waals surface area (Å²) in [6, 6.07) is -0.432. The third-order valence-corrected chi connectivity index (χ3v) is 3.14. The van der Waals surface area contributed by atoms with Gasteiger partial charge in [-0.05, 0) is 20.8 Å². The van der Waals surface area contributed by atoms with Crippen molar-refractivity contribution in [3.8, 4) is 0 Å². The first-order valence-electron chi connectivity index (χ1n) is 7.17. The van der Waals surface area contributed by atoms with Gasteiger partial charge >= 0.3 is 12.3 Å². The summed E-state index contributed by atoms with van der Waals surface area (Å²) in [4.78, 5) is 21.1. The molecule has 1 fully saturated rings. The number of aromatic nitrogens is 2. The van der Waals surface area contributed by atoms with E-state index in [0.29, 0.717) is 13.1 Å². The van der Waals surface area contributed by atoms with Crippen LogP contribution in [0.4, 0.5) is 18.0 Å². The first-order valence-corrected chi connectivity index (χ1v) is 7.17. The number of hydrogen-bond acceptors (Lipinski definition) is 5. The molecular weight excluding hydrogens is 313 g/mol. The number of nitrogens with one attached hydrogen (secondary N) is 1. The van der Waals surface area contributed by atoms with Gasteiger partial charge in [0.25, 0.3) is 0 Å². The van der Waals surface area contributed by atoms with E-state index < -0.39 is 29.5 Å². The molecule has 1 aliphatic rings. The Kier molecular flexibility index (Phi) is 4.79. The number of amides is 1. The van der Waals surface area contributed by atoms with Gasteiger partial charge in [0.1, 0.15) is 11.4 Å². The lowest BCUT2D eigenvalue weighted by atomic mass is 10.2. The predicted octanol–water partition coefficient (Wildman–Crippen LogP) is 2.38. The van der Waals surface area contributed by atoms with Crippen LogP contribution in [-0.2, 0) is 10.9 Å². The summed E-state index contributed by atoms with van der Waals surface area (Å²) in [7, 11) is 0. The van der Waals surface area contributed by atoms with E-state index >= 15 is 0 Å². The van der Waals surface area contributed by atoms with Crippen molar-refractivity contribution in [3.63, 3.8) is 0 Å². The van der Waals surface area contributed by atoms with Gasteiger partial charge in [-0.3, -0.25) is 0 Å². The van der Waals surface area contributed by atoms with E-state index in [-0.39, 0.29) is 12.4 Å². The fraction of sp³-hybridized carbons (Fsp3) is 0.643. The van der Waals surface area contributed by atoms with Crippen molar-refractivity contribution < 1.29 is 22.7 Å². The Labute approximate surface area is 132 Å². The van der Waals surface area contributed by atoms with Crippen molar-refractivity contribution in [3.05, 3.63) is 23.8 Å². The molecule has 2 rings (SSSR count). The molecular formula is C14H19F3N4O2.